The van der Waals surface area contributed by atoms with E-state index in [-0.39, 0.29) is 11.7 Å². The normalized spacial score (nSPS) is 15.5. The molecule has 2 heteroatoms. The van der Waals surface area contributed by atoms with Gasteiger partial charge >= 0.3 is 0 Å². The Morgan fingerprint density at radius 1 is 1.25 bits per heavy atom. The number of ketones is 1. The van der Waals surface area contributed by atoms with Gasteiger partial charge in [0.2, 0.25) is 0 Å². The molecule has 0 saturated heterocycles. The van der Waals surface area contributed by atoms with Crippen molar-refractivity contribution in [2.45, 2.75) is 53.6 Å². The topological polar surface area (TPSA) is 37.3 Å². The molecule has 0 bridgehead atoms. The standard InChI is InChI=1S/C14H24O2/c1-10(2)7-6-8-11(3)9-14(16)12(4)13(5)15/h7,9,12,14,16H,6,8H2,1-5H3/b11-9+. The van der Waals surface area contributed by atoms with E-state index >= 15 is 0 Å². The van der Waals surface area contributed by atoms with Crippen LogP contribution in [0, 0.1) is 5.92 Å². The number of hydrogen-bond acceptors (Lipinski definition) is 2. The van der Waals surface area contributed by atoms with Crippen LogP contribution in [0.4, 0.5) is 0 Å². The second-order valence-corrected chi connectivity index (χ2v) is 4.72. The van der Waals surface area contributed by atoms with Crippen molar-refractivity contribution in [1.29, 1.82) is 0 Å². The zero-order valence-corrected chi connectivity index (χ0v) is 11.1. The first-order valence-corrected chi connectivity index (χ1v) is 5.83. The van der Waals surface area contributed by atoms with Gasteiger partial charge in [-0.05, 0) is 40.5 Å². The van der Waals surface area contributed by atoms with Crippen LogP contribution in [0.5, 0.6) is 0 Å². The lowest BCUT2D eigenvalue weighted by Crippen LogP contribution is -2.21. The molecule has 0 saturated carbocycles. The van der Waals surface area contributed by atoms with Gasteiger partial charge in [0.15, 0.2) is 0 Å². The Labute approximate surface area is 99.1 Å². The minimum Gasteiger partial charge on any atom is -0.388 e. The second-order valence-electron chi connectivity index (χ2n) is 4.72. The van der Waals surface area contributed by atoms with E-state index in [1.165, 1.54) is 12.5 Å². The first-order chi connectivity index (χ1) is 7.34. The highest BCUT2D eigenvalue weighted by Gasteiger charge is 2.15. The van der Waals surface area contributed by atoms with Gasteiger partial charge in [-0.1, -0.05) is 30.2 Å². The van der Waals surface area contributed by atoms with E-state index in [9.17, 15) is 9.90 Å². The molecule has 2 unspecified atom stereocenters. The molecule has 0 aromatic rings. The highest BCUT2D eigenvalue weighted by molar-refractivity contribution is 5.78. The van der Waals surface area contributed by atoms with Crippen LogP contribution in [0.2, 0.25) is 0 Å². The zero-order valence-electron chi connectivity index (χ0n) is 11.1. The lowest BCUT2D eigenvalue weighted by atomic mass is 9.97. The highest BCUT2D eigenvalue weighted by atomic mass is 16.3. The molecule has 2 atom stereocenters. The summed E-state index contributed by atoms with van der Waals surface area (Å²) in [6.07, 6.45) is 5.26. The Morgan fingerprint density at radius 2 is 1.81 bits per heavy atom. The van der Waals surface area contributed by atoms with Gasteiger partial charge in [-0.3, -0.25) is 4.79 Å². The molecule has 0 fully saturated rings. The van der Waals surface area contributed by atoms with Crippen molar-refractivity contribution in [2.24, 2.45) is 5.92 Å². The summed E-state index contributed by atoms with van der Waals surface area (Å²) in [4.78, 5) is 11.1. The number of carbonyl (C=O) groups excluding carboxylic acids is 1. The van der Waals surface area contributed by atoms with E-state index < -0.39 is 6.10 Å². The minimum atomic E-state index is -0.649. The summed E-state index contributed by atoms with van der Waals surface area (Å²) >= 11 is 0. The van der Waals surface area contributed by atoms with Crippen molar-refractivity contribution in [3.8, 4) is 0 Å². The number of aliphatic hydroxyl groups excluding tert-OH is 1. The van der Waals surface area contributed by atoms with Crippen LogP contribution < -0.4 is 0 Å². The SMILES string of the molecule is CC(=O)C(C)C(O)/C=C(\C)CCC=C(C)C. The predicted octanol–water partition coefficient (Wildman–Crippen LogP) is 3.27. The van der Waals surface area contributed by atoms with Gasteiger partial charge in [0.1, 0.15) is 5.78 Å². The van der Waals surface area contributed by atoms with Gasteiger partial charge in [-0.15, -0.1) is 0 Å². The fourth-order valence-corrected chi connectivity index (χ4v) is 1.35. The van der Waals surface area contributed by atoms with Crippen LogP contribution in [0.1, 0.15) is 47.5 Å². The number of aliphatic hydroxyl groups is 1. The summed E-state index contributed by atoms with van der Waals surface area (Å²) in [5.74, 6) is -0.278. The van der Waals surface area contributed by atoms with Crippen molar-refractivity contribution in [3.63, 3.8) is 0 Å². The Kier molecular flexibility index (Phi) is 6.98. The third-order valence-electron chi connectivity index (χ3n) is 2.70. The summed E-state index contributed by atoms with van der Waals surface area (Å²) < 4.78 is 0. The van der Waals surface area contributed by atoms with E-state index in [4.69, 9.17) is 0 Å². The molecule has 0 aliphatic heterocycles. The van der Waals surface area contributed by atoms with E-state index in [0.29, 0.717) is 0 Å². The van der Waals surface area contributed by atoms with Crippen LogP contribution in [0.25, 0.3) is 0 Å². The van der Waals surface area contributed by atoms with E-state index in [1.807, 2.05) is 6.92 Å². The monoisotopic (exact) mass is 224 g/mol. The van der Waals surface area contributed by atoms with E-state index in [0.717, 1.165) is 18.4 Å². The van der Waals surface area contributed by atoms with Crippen molar-refractivity contribution >= 4 is 5.78 Å². The fraction of sp³-hybridized carbons (Fsp3) is 0.643. The Hall–Kier alpha value is -0.890. The first-order valence-electron chi connectivity index (χ1n) is 5.83. The maximum absolute atomic E-state index is 11.1. The molecular formula is C14H24O2. The van der Waals surface area contributed by atoms with E-state index in [2.05, 4.69) is 19.9 Å². The number of allylic oxidation sites excluding steroid dienone is 3. The van der Waals surface area contributed by atoms with Crippen molar-refractivity contribution in [2.75, 3.05) is 0 Å². The molecule has 16 heavy (non-hydrogen) atoms. The predicted molar refractivity (Wildman–Crippen MR) is 68.3 cm³/mol. The molecule has 0 aliphatic carbocycles. The number of carbonyl (C=O) groups is 1. The molecular weight excluding hydrogens is 200 g/mol. The van der Waals surface area contributed by atoms with Gasteiger partial charge in [-0.25, -0.2) is 0 Å². The molecule has 0 amide bonds. The maximum atomic E-state index is 11.1. The molecule has 0 aliphatic rings. The third-order valence-corrected chi connectivity index (χ3v) is 2.70. The van der Waals surface area contributed by atoms with Crippen LogP contribution in [0.3, 0.4) is 0 Å². The van der Waals surface area contributed by atoms with Gasteiger partial charge < -0.3 is 5.11 Å². The minimum absolute atomic E-state index is 0.0286. The fourth-order valence-electron chi connectivity index (χ4n) is 1.35. The molecule has 0 spiro atoms. The van der Waals surface area contributed by atoms with Crippen molar-refractivity contribution in [1.82, 2.24) is 0 Å². The van der Waals surface area contributed by atoms with Crippen molar-refractivity contribution in [3.05, 3.63) is 23.3 Å². The molecule has 0 aromatic heterocycles. The molecule has 92 valence electrons. The largest absolute Gasteiger partial charge is 0.388 e. The van der Waals surface area contributed by atoms with Gasteiger partial charge in [0.25, 0.3) is 0 Å². The zero-order chi connectivity index (χ0) is 12.7. The summed E-state index contributed by atoms with van der Waals surface area (Å²) in [6, 6.07) is 0. The molecule has 0 rings (SSSR count). The number of rotatable bonds is 6. The molecule has 1 N–H and O–H groups in total. The maximum Gasteiger partial charge on any atom is 0.135 e. The Balaban J connectivity index is 4.21. The van der Waals surface area contributed by atoms with E-state index in [1.54, 1.807) is 13.0 Å². The lowest BCUT2D eigenvalue weighted by molar-refractivity contribution is -0.122. The molecule has 2 nitrogen and oxygen atoms in total. The summed E-state index contributed by atoms with van der Waals surface area (Å²) in [5, 5.41) is 9.75. The number of hydrogen-bond donors (Lipinski definition) is 1. The molecule has 0 heterocycles. The molecule has 0 aromatic carbocycles. The Morgan fingerprint density at radius 3 is 2.25 bits per heavy atom. The third kappa shape index (κ3) is 6.57. The summed E-state index contributed by atoms with van der Waals surface area (Å²) in [7, 11) is 0. The number of Topliss-reactive ketones (excluding diaryl/α,β-unsaturated/α-hetero) is 1. The van der Waals surface area contributed by atoms with Crippen LogP contribution in [-0.2, 0) is 4.79 Å². The molecule has 0 radical (unpaired) electrons. The summed E-state index contributed by atoms with van der Waals surface area (Å²) in [6.45, 7) is 9.42. The average Bonchev–Trinajstić information content (AvgIpc) is 2.15. The van der Waals surface area contributed by atoms with Crippen LogP contribution in [0.15, 0.2) is 23.3 Å². The van der Waals surface area contributed by atoms with Crippen LogP contribution in [-0.4, -0.2) is 17.0 Å². The second kappa shape index (κ2) is 7.39. The van der Waals surface area contributed by atoms with Crippen LogP contribution >= 0.6 is 0 Å². The highest BCUT2D eigenvalue weighted by Crippen LogP contribution is 2.12. The quantitative estimate of drug-likeness (QED) is 0.703. The van der Waals surface area contributed by atoms with Crippen molar-refractivity contribution < 1.29 is 9.90 Å². The van der Waals surface area contributed by atoms with Gasteiger partial charge in [0, 0.05) is 5.92 Å². The lowest BCUT2D eigenvalue weighted by Gasteiger charge is -2.13. The van der Waals surface area contributed by atoms with Gasteiger partial charge in [0.05, 0.1) is 6.10 Å². The van der Waals surface area contributed by atoms with Gasteiger partial charge in [-0.2, -0.15) is 0 Å². The summed E-state index contributed by atoms with van der Waals surface area (Å²) in [5.41, 5.74) is 2.45. The Bertz CT molecular complexity index is 283. The average molecular weight is 224 g/mol. The smallest absolute Gasteiger partial charge is 0.135 e. The first kappa shape index (κ1) is 15.1.